The number of carbonyl (C=O) groups is 1. The Morgan fingerprint density at radius 2 is 2.15 bits per heavy atom. The number of hydrogen-bond acceptors (Lipinski definition) is 5. The molecular formula is C13H19BrN4O2. The predicted octanol–water partition coefficient (Wildman–Crippen LogP) is 2.66. The van der Waals surface area contributed by atoms with Crippen LogP contribution in [0, 0.1) is 0 Å². The molecule has 0 aliphatic carbocycles. The Balaban J connectivity index is 1.82. The highest BCUT2D eigenvalue weighted by Gasteiger charge is 2.35. The van der Waals surface area contributed by atoms with Crippen molar-refractivity contribution in [3.8, 4) is 0 Å². The molecule has 0 bridgehead atoms. The number of rotatable bonds is 3. The normalized spacial score (nSPS) is 18.4. The molecule has 6 nitrogen and oxygen atoms in total. The summed E-state index contributed by atoms with van der Waals surface area (Å²) in [6, 6.07) is 0.136. The summed E-state index contributed by atoms with van der Waals surface area (Å²) in [5, 5.41) is 3.13. The van der Waals surface area contributed by atoms with Crippen molar-refractivity contribution in [3.63, 3.8) is 0 Å². The highest BCUT2D eigenvalue weighted by atomic mass is 79.9. The Kier molecular flexibility index (Phi) is 4.47. The topological polar surface area (TPSA) is 67.3 Å². The van der Waals surface area contributed by atoms with E-state index in [0.29, 0.717) is 12.5 Å². The SMILES string of the molecule is CC(C)(C)OC(=O)N1CCC1CNc1ncc(Br)cn1. The highest BCUT2D eigenvalue weighted by molar-refractivity contribution is 9.10. The number of nitrogens with one attached hydrogen (secondary N) is 1. The van der Waals surface area contributed by atoms with E-state index in [0.717, 1.165) is 17.4 Å². The summed E-state index contributed by atoms with van der Waals surface area (Å²) >= 11 is 3.28. The van der Waals surface area contributed by atoms with Crippen LogP contribution in [-0.2, 0) is 4.74 Å². The molecule has 1 unspecified atom stereocenters. The van der Waals surface area contributed by atoms with E-state index in [-0.39, 0.29) is 12.1 Å². The highest BCUT2D eigenvalue weighted by Crippen LogP contribution is 2.21. The van der Waals surface area contributed by atoms with Gasteiger partial charge in [-0.2, -0.15) is 0 Å². The van der Waals surface area contributed by atoms with Crippen LogP contribution in [0.1, 0.15) is 27.2 Å². The molecule has 110 valence electrons. The number of ether oxygens (including phenoxy) is 1. The molecule has 0 saturated carbocycles. The van der Waals surface area contributed by atoms with Crippen molar-refractivity contribution in [2.75, 3.05) is 18.4 Å². The molecule has 0 radical (unpaired) electrons. The number of halogens is 1. The van der Waals surface area contributed by atoms with Crippen LogP contribution in [0.3, 0.4) is 0 Å². The van der Waals surface area contributed by atoms with Gasteiger partial charge in [0.1, 0.15) is 5.60 Å². The lowest BCUT2D eigenvalue weighted by atomic mass is 10.0. The zero-order valence-electron chi connectivity index (χ0n) is 11.9. The average Bonchev–Trinajstić information content (AvgIpc) is 2.27. The number of hydrogen-bond donors (Lipinski definition) is 1. The Morgan fingerprint density at radius 1 is 1.50 bits per heavy atom. The molecule has 1 aliphatic heterocycles. The zero-order valence-corrected chi connectivity index (χ0v) is 13.5. The van der Waals surface area contributed by atoms with Crippen LogP contribution in [-0.4, -0.2) is 45.7 Å². The quantitative estimate of drug-likeness (QED) is 0.914. The second-order valence-electron chi connectivity index (χ2n) is 5.72. The lowest BCUT2D eigenvalue weighted by Crippen LogP contribution is -2.55. The third kappa shape index (κ3) is 4.06. The third-order valence-electron chi connectivity index (χ3n) is 2.89. The number of carbonyl (C=O) groups excluding carboxylic acids is 1. The van der Waals surface area contributed by atoms with E-state index in [2.05, 4.69) is 31.2 Å². The van der Waals surface area contributed by atoms with Gasteiger partial charge in [-0.25, -0.2) is 14.8 Å². The van der Waals surface area contributed by atoms with Crippen LogP contribution in [0.4, 0.5) is 10.7 Å². The van der Waals surface area contributed by atoms with Crippen molar-refractivity contribution >= 4 is 28.0 Å². The number of nitrogens with zero attached hydrogens (tertiary/aromatic N) is 3. The Morgan fingerprint density at radius 3 is 2.65 bits per heavy atom. The van der Waals surface area contributed by atoms with Crippen LogP contribution < -0.4 is 5.32 Å². The fourth-order valence-corrected chi connectivity index (χ4v) is 2.03. The summed E-state index contributed by atoms with van der Waals surface area (Å²) in [6.07, 6.45) is 4.07. The van der Waals surface area contributed by atoms with E-state index in [1.165, 1.54) is 0 Å². The van der Waals surface area contributed by atoms with Gasteiger partial charge in [0.25, 0.3) is 0 Å². The van der Waals surface area contributed by atoms with Crippen LogP contribution in [0.25, 0.3) is 0 Å². The first-order valence-corrected chi connectivity index (χ1v) is 7.35. The summed E-state index contributed by atoms with van der Waals surface area (Å²) in [7, 11) is 0. The van der Waals surface area contributed by atoms with E-state index in [1.807, 2.05) is 20.8 Å². The van der Waals surface area contributed by atoms with Crippen molar-refractivity contribution in [1.82, 2.24) is 14.9 Å². The van der Waals surface area contributed by atoms with Gasteiger partial charge in [0, 0.05) is 25.5 Å². The first-order chi connectivity index (χ1) is 9.35. The summed E-state index contributed by atoms with van der Waals surface area (Å²) < 4.78 is 6.20. The minimum absolute atomic E-state index is 0.136. The Hall–Kier alpha value is -1.37. The van der Waals surface area contributed by atoms with Gasteiger partial charge in [0.15, 0.2) is 0 Å². The fraction of sp³-hybridized carbons (Fsp3) is 0.615. The van der Waals surface area contributed by atoms with Crippen LogP contribution in [0.15, 0.2) is 16.9 Å². The molecule has 1 aliphatic rings. The van der Waals surface area contributed by atoms with Crippen molar-refractivity contribution in [2.24, 2.45) is 0 Å². The van der Waals surface area contributed by atoms with Gasteiger partial charge in [-0.15, -0.1) is 0 Å². The van der Waals surface area contributed by atoms with E-state index in [9.17, 15) is 4.79 Å². The van der Waals surface area contributed by atoms with Crippen LogP contribution in [0.2, 0.25) is 0 Å². The summed E-state index contributed by atoms with van der Waals surface area (Å²) in [6.45, 7) is 6.97. The van der Waals surface area contributed by atoms with Gasteiger partial charge in [0.2, 0.25) is 5.95 Å². The first kappa shape index (κ1) is 15.0. The third-order valence-corrected chi connectivity index (χ3v) is 3.30. The van der Waals surface area contributed by atoms with Gasteiger partial charge >= 0.3 is 6.09 Å². The molecule has 1 N–H and O–H groups in total. The van der Waals surface area contributed by atoms with Crippen molar-refractivity contribution in [2.45, 2.75) is 38.8 Å². The van der Waals surface area contributed by atoms with Crippen molar-refractivity contribution in [3.05, 3.63) is 16.9 Å². The molecule has 1 atom stereocenters. The van der Waals surface area contributed by atoms with E-state index in [4.69, 9.17) is 4.74 Å². The fourth-order valence-electron chi connectivity index (χ4n) is 1.83. The second kappa shape index (κ2) is 5.95. The lowest BCUT2D eigenvalue weighted by molar-refractivity contribution is -0.00277. The van der Waals surface area contributed by atoms with Gasteiger partial charge in [-0.3, -0.25) is 0 Å². The molecule has 2 heterocycles. The molecule has 0 spiro atoms. The lowest BCUT2D eigenvalue weighted by Gasteiger charge is -2.41. The monoisotopic (exact) mass is 342 g/mol. The zero-order chi connectivity index (χ0) is 14.8. The molecule has 7 heteroatoms. The summed E-state index contributed by atoms with van der Waals surface area (Å²) in [4.78, 5) is 21.9. The maximum atomic E-state index is 11.9. The maximum absolute atomic E-state index is 11.9. The van der Waals surface area contributed by atoms with Gasteiger partial charge in [-0.1, -0.05) is 0 Å². The molecule has 1 aromatic rings. The van der Waals surface area contributed by atoms with Crippen molar-refractivity contribution in [1.29, 1.82) is 0 Å². The first-order valence-electron chi connectivity index (χ1n) is 6.56. The molecule has 20 heavy (non-hydrogen) atoms. The minimum atomic E-state index is -0.459. The largest absolute Gasteiger partial charge is 0.444 e. The van der Waals surface area contributed by atoms with Gasteiger partial charge < -0.3 is 15.0 Å². The smallest absolute Gasteiger partial charge is 0.410 e. The standard InChI is InChI=1S/C13H19BrN4O2/c1-13(2,3)20-12(19)18-5-4-10(18)8-17-11-15-6-9(14)7-16-11/h6-7,10H,4-5,8H2,1-3H3,(H,15,16,17). The predicted molar refractivity (Wildman–Crippen MR) is 79.6 cm³/mol. The van der Waals surface area contributed by atoms with Gasteiger partial charge in [0.05, 0.1) is 10.5 Å². The number of aromatic nitrogens is 2. The summed E-state index contributed by atoms with van der Waals surface area (Å²) in [5.74, 6) is 0.559. The van der Waals surface area contributed by atoms with E-state index >= 15 is 0 Å². The Labute approximate surface area is 127 Å². The molecule has 2 rings (SSSR count). The number of anilines is 1. The average molecular weight is 343 g/mol. The maximum Gasteiger partial charge on any atom is 0.410 e. The van der Waals surface area contributed by atoms with E-state index in [1.54, 1.807) is 17.3 Å². The van der Waals surface area contributed by atoms with Gasteiger partial charge in [-0.05, 0) is 43.1 Å². The number of likely N-dealkylation sites (tertiary alicyclic amines) is 1. The van der Waals surface area contributed by atoms with Crippen LogP contribution in [0.5, 0.6) is 0 Å². The Bertz CT molecular complexity index is 472. The molecule has 0 aromatic carbocycles. The van der Waals surface area contributed by atoms with Crippen LogP contribution >= 0.6 is 15.9 Å². The molecule has 1 saturated heterocycles. The molecule has 1 aromatic heterocycles. The molecule has 1 amide bonds. The second-order valence-corrected chi connectivity index (χ2v) is 6.64. The molecule has 1 fully saturated rings. The minimum Gasteiger partial charge on any atom is -0.444 e. The molecular weight excluding hydrogens is 324 g/mol. The number of amides is 1. The summed E-state index contributed by atoms with van der Waals surface area (Å²) in [5.41, 5.74) is -0.459. The van der Waals surface area contributed by atoms with Crippen molar-refractivity contribution < 1.29 is 9.53 Å². The van der Waals surface area contributed by atoms with E-state index < -0.39 is 5.60 Å².